The van der Waals surface area contributed by atoms with E-state index < -0.39 is 0 Å². The summed E-state index contributed by atoms with van der Waals surface area (Å²) >= 11 is 6.47. The predicted molar refractivity (Wildman–Crippen MR) is 77.0 cm³/mol. The molecule has 2 aromatic rings. The Labute approximate surface area is 114 Å². The van der Waals surface area contributed by atoms with Crippen LogP contribution in [0.1, 0.15) is 16.4 Å². The molecule has 0 amide bonds. The van der Waals surface area contributed by atoms with E-state index in [4.69, 9.17) is 18.0 Å². The molecular weight excluding hydrogens is 266 g/mol. The van der Waals surface area contributed by atoms with Crippen LogP contribution in [0.15, 0.2) is 17.8 Å². The highest BCUT2D eigenvalue weighted by atomic mass is 32.1. The van der Waals surface area contributed by atoms with E-state index in [-0.39, 0.29) is 4.99 Å². The smallest absolute Gasteiger partial charge is 0.144 e. The van der Waals surface area contributed by atoms with Crippen LogP contribution >= 0.6 is 23.6 Å². The van der Waals surface area contributed by atoms with Gasteiger partial charge in [-0.15, -0.1) is 11.3 Å². The van der Waals surface area contributed by atoms with Crippen molar-refractivity contribution in [1.82, 2.24) is 15.0 Å². The van der Waals surface area contributed by atoms with E-state index in [1.807, 2.05) is 6.92 Å². The van der Waals surface area contributed by atoms with Gasteiger partial charge in [-0.1, -0.05) is 12.2 Å². The molecule has 0 bridgehead atoms. The van der Waals surface area contributed by atoms with Crippen molar-refractivity contribution in [2.24, 2.45) is 5.73 Å². The molecule has 0 aromatic carbocycles. The first-order valence-corrected chi connectivity index (χ1v) is 6.70. The minimum atomic E-state index is 0.256. The standard InChI is InChI=1S/C11H13N5S2/c1-7-16-8(6-18-7)2-3-13-10-5-14-9(4-15-10)11(12)17/h4-6H,2-3H2,1H3,(H2,12,17)(H,13,15). The van der Waals surface area contributed by atoms with Crippen LogP contribution in [-0.2, 0) is 6.42 Å². The van der Waals surface area contributed by atoms with E-state index in [1.165, 1.54) is 0 Å². The molecule has 0 unspecified atom stereocenters. The Balaban J connectivity index is 1.85. The van der Waals surface area contributed by atoms with Gasteiger partial charge in [-0.05, 0) is 6.92 Å². The number of aromatic nitrogens is 3. The summed E-state index contributed by atoms with van der Waals surface area (Å²) < 4.78 is 0. The lowest BCUT2D eigenvalue weighted by Crippen LogP contribution is -2.13. The Hall–Kier alpha value is -1.60. The topological polar surface area (TPSA) is 76.7 Å². The molecule has 94 valence electrons. The van der Waals surface area contributed by atoms with Crippen molar-refractivity contribution in [3.8, 4) is 0 Å². The highest BCUT2D eigenvalue weighted by Gasteiger charge is 2.01. The van der Waals surface area contributed by atoms with Gasteiger partial charge in [0.15, 0.2) is 0 Å². The Bertz CT molecular complexity index is 535. The van der Waals surface area contributed by atoms with E-state index in [1.54, 1.807) is 23.7 Å². The Morgan fingerprint density at radius 2 is 2.28 bits per heavy atom. The fourth-order valence-electron chi connectivity index (χ4n) is 1.39. The molecule has 2 heterocycles. The monoisotopic (exact) mass is 279 g/mol. The highest BCUT2D eigenvalue weighted by Crippen LogP contribution is 2.08. The van der Waals surface area contributed by atoms with Crippen LogP contribution in [-0.4, -0.2) is 26.5 Å². The molecule has 3 N–H and O–H groups in total. The zero-order valence-electron chi connectivity index (χ0n) is 9.88. The van der Waals surface area contributed by atoms with Crippen LogP contribution in [0.5, 0.6) is 0 Å². The average Bonchev–Trinajstić information content (AvgIpc) is 2.76. The molecule has 0 atom stereocenters. The summed E-state index contributed by atoms with van der Waals surface area (Å²) in [5, 5.41) is 6.33. The summed E-state index contributed by atoms with van der Waals surface area (Å²) in [6.07, 6.45) is 4.06. The number of thiazole rings is 1. The van der Waals surface area contributed by atoms with E-state index in [2.05, 4.69) is 25.6 Å². The third kappa shape index (κ3) is 3.44. The number of aryl methyl sites for hydroxylation is 1. The molecule has 0 spiro atoms. The second kappa shape index (κ2) is 5.83. The number of nitrogens with one attached hydrogen (secondary N) is 1. The molecule has 0 aliphatic heterocycles. The van der Waals surface area contributed by atoms with Gasteiger partial charge >= 0.3 is 0 Å². The van der Waals surface area contributed by atoms with Gasteiger partial charge in [0.1, 0.15) is 16.5 Å². The van der Waals surface area contributed by atoms with Crippen LogP contribution in [0, 0.1) is 6.92 Å². The molecule has 0 radical (unpaired) electrons. The number of anilines is 1. The molecule has 0 aliphatic rings. The largest absolute Gasteiger partial charge is 0.388 e. The SMILES string of the molecule is Cc1nc(CCNc2cnc(C(N)=S)cn2)cs1. The Morgan fingerprint density at radius 3 is 2.83 bits per heavy atom. The van der Waals surface area contributed by atoms with Crippen molar-refractivity contribution < 1.29 is 0 Å². The van der Waals surface area contributed by atoms with Gasteiger partial charge in [0, 0.05) is 18.3 Å². The van der Waals surface area contributed by atoms with Gasteiger partial charge in [-0.25, -0.2) is 15.0 Å². The number of rotatable bonds is 5. The third-order valence-electron chi connectivity index (χ3n) is 2.26. The van der Waals surface area contributed by atoms with Gasteiger partial charge < -0.3 is 11.1 Å². The number of thiocarbonyl (C=S) groups is 1. The van der Waals surface area contributed by atoms with E-state index >= 15 is 0 Å². The molecule has 2 aromatic heterocycles. The van der Waals surface area contributed by atoms with Crippen molar-refractivity contribution in [3.05, 3.63) is 34.2 Å². The van der Waals surface area contributed by atoms with Crippen LogP contribution in [0.2, 0.25) is 0 Å². The van der Waals surface area contributed by atoms with Crippen molar-refractivity contribution in [2.45, 2.75) is 13.3 Å². The first-order chi connectivity index (χ1) is 8.65. The van der Waals surface area contributed by atoms with Crippen molar-refractivity contribution in [2.75, 3.05) is 11.9 Å². The number of nitrogens with two attached hydrogens (primary N) is 1. The molecule has 5 nitrogen and oxygen atoms in total. The quantitative estimate of drug-likeness (QED) is 0.808. The summed E-state index contributed by atoms with van der Waals surface area (Å²) in [4.78, 5) is 12.9. The molecule has 0 saturated carbocycles. The van der Waals surface area contributed by atoms with E-state index in [9.17, 15) is 0 Å². The molecule has 18 heavy (non-hydrogen) atoms. The summed E-state index contributed by atoms with van der Waals surface area (Å²) in [5.41, 5.74) is 7.07. The molecule has 0 aliphatic carbocycles. The highest BCUT2D eigenvalue weighted by molar-refractivity contribution is 7.80. The van der Waals surface area contributed by atoms with Crippen LogP contribution in [0.25, 0.3) is 0 Å². The maximum absolute atomic E-state index is 5.44. The first kappa shape index (κ1) is 12.8. The normalized spacial score (nSPS) is 10.3. The van der Waals surface area contributed by atoms with Crippen molar-refractivity contribution in [3.63, 3.8) is 0 Å². The minimum absolute atomic E-state index is 0.256. The summed E-state index contributed by atoms with van der Waals surface area (Å²) in [6, 6.07) is 0. The maximum Gasteiger partial charge on any atom is 0.144 e. The Morgan fingerprint density at radius 1 is 1.44 bits per heavy atom. The average molecular weight is 279 g/mol. The molecular formula is C11H13N5S2. The van der Waals surface area contributed by atoms with Gasteiger partial charge in [-0.3, -0.25) is 0 Å². The van der Waals surface area contributed by atoms with Gasteiger partial charge in [0.2, 0.25) is 0 Å². The lowest BCUT2D eigenvalue weighted by atomic mass is 10.3. The number of hydrogen-bond acceptors (Lipinski definition) is 6. The fraction of sp³-hybridized carbons (Fsp3) is 0.273. The Kier molecular flexibility index (Phi) is 4.16. The van der Waals surface area contributed by atoms with Crippen molar-refractivity contribution >= 4 is 34.4 Å². The van der Waals surface area contributed by atoms with Crippen molar-refractivity contribution in [1.29, 1.82) is 0 Å². The van der Waals surface area contributed by atoms with Crippen LogP contribution in [0.3, 0.4) is 0 Å². The second-order valence-corrected chi connectivity index (χ2v) is 5.19. The lowest BCUT2D eigenvalue weighted by molar-refractivity contribution is 0.956. The van der Waals surface area contributed by atoms with E-state index in [0.29, 0.717) is 11.5 Å². The fourth-order valence-corrected chi connectivity index (χ4v) is 2.14. The zero-order valence-corrected chi connectivity index (χ0v) is 11.5. The number of nitrogens with zero attached hydrogens (tertiary/aromatic N) is 3. The maximum atomic E-state index is 5.44. The first-order valence-electron chi connectivity index (χ1n) is 5.42. The minimum Gasteiger partial charge on any atom is -0.388 e. The van der Waals surface area contributed by atoms with Gasteiger partial charge in [0.25, 0.3) is 0 Å². The molecule has 7 heteroatoms. The van der Waals surface area contributed by atoms with Gasteiger partial charge in [0.05, 0.1) is 23.1 Å². The summed E-state index contributed by atoms with van der Waals surface area (Å²) in [7, 11) is 0. The molecule has 0 saturated heterocycles. The van der Waals surface area contributed by atoms with Gasteiger partial charge in [-0.2, -0.15) is 0 Å². The zero-order chi connectivity index (χ0) is 13.0. The predicted octanol–water partition coefficient (Wildman–Crippen LogP) is 1.53. The third-order valence-corrected chi connectivity index (χ3v) is 3.29. The lowest BCUT2D eigenvalue weighted by Gasteiger charge is -2.04. The number of hydrogen-bond donors (Lipinski definition) is 2. The van der Waals surface area contributed by atoms with E-state index in [0.717, 1.165) is 23.7 Å². The van der Waals surface area contributed by atoms with Crippen LogP contribution in [0.4, 0.5) is 5.82 Å². The second-order valence-electron chi connectivity index (χ2n) is 3.69. The molecule has 0 fully saturated rings. The summed E-state index contributed by atoms with van der Waals surface area (Å²) in [5.74, 6) is 0.710. The van der Waals surface area contributed by atoms with Crippen LogP contribution < -0.4 is 11.1 Å². The molecule has 2 rings (SSSR count). The summed E-state index contributed by atoms with van der Waals surface area (Å²) in [6.45, 7) is 2.77.